The van der Waals surface area contributed by atoms with Crippen LogP contribution in [0.3, 0.4) is 0 Å². The second kappa shape index (κ2) is 11.6. The lowest BCUT2D eigenvalue weighted by Crippen LogP contribution is -2.48. The first kappa shape index (κ1) is 23.0. The Kier molecular flexibility index (Phi) is 10.6. The molecule has 1 unspecified atom stereocenters. The molecule has 1 aliphatic heterocycles. The molecule has 1 heterocycles. The van der Waals surface area contributed by atoms with Crippen molar-refractivity contribution in [3.8, 4) is 0 Å². The van der Waals surface area contributed by atoms with Crippen LogP contribution in [0.5, 0.6) is 0 Å². The zero-order valence-electron chi connectivity index (χ0n) is 16.6. The Morgan fingerprint density at radius 3 is 2.36 bits per heavy atom. The van der Waals surface area contributed by atoms with E-state index in [0.717, 1.165) is 57.8 Å². The Morgan fingerprint density at radius 2 is 1.84 bits per heavy atom. The average molecular weight is 466 g/mol. The smallest absolute Gasteiger partial charge is 0.191 e. The number of aliphatic imine (C=N–C) groups is 1. The highest BCUT2D eigenvalue weighted by Gasteiger charge is 2.37. The molecule has 0 radical (unpaired) electrons. The molecule has 0 aromatic carbocycles. The minimum absolute atomic E-state index is 0. The second-order valence-electron chi connectivity index (χ2n) is 8.28. The second-order valence-corrected chi connectivity index (χ2v) is 8.28. The Hall–Kier alpha value is -0.0800. The Balaban J connectivity index is 0.00000312. The highest BCUT2D eigenvalue weighted by molar-refractivity contribution is 14.0. The fourth-order valence-electron chi connectivity index (χ4n) is 4.05. The molecule has 148 valence electrons. The van der Waals surface area contributed by atoms with E-state index < -0.39 is 0 Å². The van der Waals surface area contributed by atoms with Gasteiger partial charge in [-0.05, 0) is 36.5 Å². The zero-order chi connectivity index (χ0) is 17.4. The molecular weight excluding hydrogens is 427 g/mol. The van der Waals surface area contributed by atoms with Crippen LogP contribution in [0, 0.1) is 17.3 Å². The maximum atomic E-state index is 5.42. The van der Waals surface area contributed by atoms with Crippen molar-refractivity contribution in [2.45, 2.75) is 46.5 Å². The molecule has 1 aliphatic carbocycles. The van der Waals surface area contributed by atoms with Gasteiger partial charge in [0.15, 0.2) is 5.96 Å². The van der Waals surface area contributed by atoms with Crippen LogP contribution >= 0.6 is 24.0 Å². The van der Waals surface area contributed by atoms with Crippen LogP contribution in [0.2, 0.25) is 0 Å². The highest BCUT2D eigenvalue weighted by Crippen LogP contribution is 2.45. The van der Waals surface area contributed by atoms with Crippen LogP contribution in [-0.2, 0) is 4.74 Å². The third-order valence-corrected chi connectivity index (χ3v) is 5.40. The maximum absolute atomic E-state index is 5.42. The summed E-state index contributed by atoms with van der Waals surface area (Å²) in [6.45, 7) is 14.0. The summed E-state index contributed by atoms with van der Waals surface area (Å²) in [7, 11) is 1.87. The number of nitrogens with zero attached hydrogens (tertiary/aromatic N) is 2. The van der Waals surface area contributed by atoms with Crippen molar-refractivity contribution < 1.29 is 4.74 Å². The lowest BCUT2D eigenvalue weighted by molar-refractivity contribution is 0.0320. The van der Waals surface area contributed by atoms with E-state index in [1.165, 1.54) is 25.7 Å². The molecule has 25 heavy (non-hydrogen) atoms. The first-order valence-electron chi connectivity index (χ1n) is 9.77. The normalized spacial score (nSPS) is 22.0. The number of ether oxygens (including phenoxy) is 1. The molecule has 5 nitrogen and oxygen atoms in total. The summed E-state index contributed by atoms with van der Waals surface area (Å²) in [6, 6.07) is 0. The molecule has 2 fully saturated rings. The molecule has 2 rings (SSSR count). The number of morpholine rings is 1. The molecule has 2 N–H and O–H groups in total. The third-order valence-electron chi connectivity index (χ3n) is 5.40. The van der Waals surface area contributed by atoms with E-state index >= 15 is 0 Å². The van der Waals surface area contributed by atoms with Gasteiger partial charge in [-0.15, -0.1) is 24.0 Å². The number of rotatable bonds is 8. The summed E-state index contributed by atoms with van der Waals surface area (Å²) < 4.78 is 5.42. The van der Waals surface area contributed by atoms with Crippen molar-refractivity contribution in [2.75, 3.05) is 53.0 Å². The van der Waals surface area contributed by atoms with Crippen LogP contribution < -0.4 is 10.6 Å². The van der Waals surface area contributed by atoms with Crippen molar-refractivity contribution in [2.24, 2.45) is 22.2 Å². The number of hydrogen-bond donors (Lipinski definition) is 2. The molecule has 0 bridgehead atoms. The molecule has 0 spiro atoms. The molecule has 0 aromatic heterocycles. The predicted molar refractivity (Wildman–Crippen MR) is 117 cm³/mol. The van der Waals surface area contributed by atoms with E-state index in [-0.39, 0.29) is 24.0 Å². The monoisotopic (exact) mass is 466 g/mol. The Morgan fingerprint density at radius 1 is 1.16 bits per heavy atom. The lowest BCUT2D eigenvalue weighted by atomic mass is 9.64. The van der Waals surface area contributed by atoms with Gasteiger partial charge < -0.3 is 15.4 Å². The van der Waals surface area contributed by atoms with Gasteiger partial charge in [-0.2, -0.15) is 0 Å². The zero-order valence-corrected chi connectivity index (χ0v) is 19.0. The van der Waals surface area contributed by atoms with E-state index in [2.05, 4.69) is 41.3 Å². The first-order chi connectivity index (χ1) is 11.5. The van der Waals surface area contributed by atoms with Crippen molar-refractivity contribution >= 4 is 29.9 Å². The SMILES string of the molecule is CN=C(NCC(C)CN1CCOCC1)NCC1(CC(C)C)CCC1.I. The van der Waals surface area contributed by atoms with E-state index in [1.807, 2.05) is 7.05 Å². The minimum atomic E-state index is 0. The summed E-state index contributed by atoms with van der Waals surface area (Å²) in [5.41, 5.74) is 0.505. The fourth-order valence-corrected chi connectivity index (χ4v) is 4.05. The van der Waals surface area contributed by atoms with E-state index in [0.29, 0.717) is 11.3 Å². The first-order valence-corrected chi connectivity index (χ1v) is 9.77. The summed E-state index contributed by atoms with van der Waals surface area (Å²) in [5.74, 6) is 2.34. The molecule has 0 amide bonds. The van der Waals surface area contributed by atoms with Crippen LogP contribution in [0.4, 0.5) is 0 Å². The largest absolute Gasteiger partial charge is 0.379 e. The van der Waals surface area contributed by atoms with Crippen molar-refractivity contribution in [3.63, 3.8) is 0 Å². The number of nitrogens with one attached hydrogen (secondary N) is 2. The fraction of sp³-hybridized carbons (Fsp3) is 0.947. The van der Waals surface area contributed by atoms with Crippen LogP contribution in [-0.4, -0.2) is 63.8 Å². The van der Waals surface area contributed by atoms with Gasteiger partial charge in [0.25, 0.3) is 0 Å². The molecule has 0 aromatic rings. The Labute approximate surface area is 171 Å². The quantitative estimate of drug-likeness (QED) is 0.328. The van der Waals surface area contributed by atoms with Crippen LogP contribution in [0.25, 0.3) is 0 Å². The van der Waals surface area contributed by atoms with Gasteiger partial charge >= 0.3 is 0 Å². The molecule has 1 saturated carbocycles. The average Bonchev–Trinajstić information content (AvgIpc) is 2.52. The third kappa shape index (κ3) is 7.99. The van der Waals surface area contributed by atoms with Gasteiger partial charge in [0.1, 0.15) is 0 Å². The van der Waals surface area contributed by atoms with Gasteiger partial charge in [-0.3, -0.25) is 9.89 Å². The van der Waals surface area contributed by atoms with Crippen molar-refractivity contribution in [1.29, 1.82) is 0 Å². The number of hydrogen-bond acceptors (Lipinski definition) is 3. The lowest BCUT2D eigenvalue weighted by Gasteiger charge is -2.43. The maximum Gasteiger partial charge on any atom is 0.191 e. The van der Waals surface area contributed by atoms with E-state index in [4.69, 9.17) is 4.74 Å². The number of halogens is 1. The van der Waals surface area contributed by atoms with E-state index in [1.54, 1.807) is 0 Å². The highest BCUT2D eigenvalue weighted by atomic mass is 127. The summed E-state index contributed by atoms with van der Waals surface area (Å²) in [4.78, 5) is 6.91. The van der Waals surface area contributed by atoms with Crippen LogP contribution in [0.1, 0.15) is 46.5 Å². The molecule has 2 aliphatic rings. The number of guanidine groups is 1. The van der Waals surface area contributed by atoms with Crippen molar-refractivity contribution in [1.82, 2.24) is 15.5 Å². The van der Waals surface area contributed by atoms with Gasteiger partial charge in [-0.25, -0.2) is 0 Å². The molecule has 6 heteroatoms. The molecular formula is C19H39IN4O. The Bertz CT molecular complexity index is 393. The summed E-state index contributed by atoms with van der Waals surface area (Å²) >= 11 is 0. The minimum Gasteiger partial charge on any atom is -0.379 e. The van der Waals surface area contributed by atoms with Gasteiger partial charge in [0, 0.05) is 39.8 Å². The topological polar surface area (TPSA) is 48.9 Å². The van der Waals surface area contributed by atoms with Gasteiger partial charge in [0.2, 0.25) is 0 Å². The van der Waals surface area contributed by atoms with Gasteiger partial charge in [-0.1, -0.05) is 27.2 Å². The summed E-state index contributed by atoms with van der Waals surface area (Å²) in [5, 5.41) is 7.10. The standard InChI is InChI=1S/C19H38N4O.HI/c1-16(2)12-19(6-5-7-19)15-22-18(20-4)21-13-17(3)14-23-8-10-24-11-9-23;/h16-17H,5-15H2,1-4H3,(H2,20,21,22);1H. The van der Waals surface area contributed by atoms with Crippen molar-refractivity contribution in [3.05, 3.63) is 0 Å². The molecule has 1 saturated heterocycles. The van der Waals surface area contributed by atoms with Gasteiger partial charge in [0.05, 0.1) is 13.2 Å². The predicted octanol–water partition coefficient (Wildman–Crippen LogP) is 2.95. The summed E-state index contributed by atoms with van der Waals surface area (Å²) in [6.07, 6.45) is 5.44. The van der Waals surface area contributed by atoms with Crippen LogP contribution in [0.15, 0.2) is 4.99 Å². The molecule has 1 atom stereocenters. The van der Waals surface area contributed by atoms with E-state index in [9.17, 15) is 0 Å².